The van der Waals surface area contributed by atoms with Crippen molar-refractivity contribution >= 4 is 28.3 Å². The van der Waals surface area contributed by atoms with Gasteiger partial charge in [-0.25, -0.2) is 13.1 Å². The third kappa shape index (κ3) is 4.78. The monoisotopic (exact) mass is 359 g/mol. The highest BCUT2D eigenvalue weighted by atomic mass is 35.5. The van der Waals surface area contributed by atoms with E-state index >= 15 is 0 Å². The summed E-state index contributed by atoms with van der Waals surface area (Å²) in [6.45, 7) is 5.28. The van der Waals surface area contributed by atoms with Crippen LogP contribution in [-0.2, 0) is 10.0 Å². The molecule has 0 spiro atoms. The van der Waals surface area contributed by atoms with Crippen molar-refractivity contribution in [3.8, 4) is 0 Å². The average Bonchev–Trinajstić information content (AvgIpc) is 3.06. The fourth-order valence-corrected chi connectivity index (χ4v) is 3.43. The number of likely N-dealkylation sites (N-methyl/N-ethyl adjacent to an activating group) is 1. The summed E-state index contributed by atoms with van der Waals surface area (Å²) >= 11 is 0. The van der Waals surface area contributed by atoms with E-state index in [9.17, 15) is 13.2 Å². The van der Waals surface area contributed by atoms with Gasteiger partial charge in [0, 0.05) is 31.7 Å². The number of benzene rings is 1. The quantitative estimate of drug-likeness (QED) is 0.743. The number of nitrogens with zero attached hydrogens (tertiary/aromatic N) is 1. The van der Waals surface area contributed by atoms with Crippen molar-refractivity contribution in [2.24, 2.45) is 0 Å². The molecule has 0 aromatic heterocycles. The van der Waals surface area contributed by atoms with E-state index in [-0.39, 0.29) is 35.8 Å². The Morgan fingerprint density at radius 3 is 2.87 bits per heavy atom. The molecule has 0 saturated carbocycles. The van der Waals surface area contributed by atoms with Crippen LogP contribution in [0.5, 0.6) is 0 Å². The molecule has 2 N–H and O–H groups in total. The van der Waals surface area contributed by atoms with Gasteiger partial charge in [0.1, 0.15) is 0 Å². The van der Waals surface area contributed by atoms with Crippen molar-refractivity contribution in [2.45, 2.75) is 17.4 Å². The normalized spacial score (nSPS) is 17.3. The molecule has 1 aliphatic heterocycles. The first-order chi connectivity index (χ1) is 10.5. The third-order valence-corrected chi connectivity index (χ3v) is 5.13. The summed E-state index contributed by atoms with van der Waals surface area (Å²) < 4.78 is 26.6. The van der Waals surface area contributed by atoms with Gasteiger partial charge in [0.25, 0.3) is 5.91 Å². The SMILES string of the molecule is C=CCNS(=O)(=O)c1cccc(C(=O)N(C)C2CCNC2)c1.Cl. The Kier molecular flexibility index (Phi) is 7.21. The highest BCUT2D eigenvalue weighted by Crippen LogP contribution is 2.15. The summed E-state index contributed by atoms with van der Waals surface area (Å²) in [5.41, 5.74) is 0.371. The Morgan fingerprint density at radius 2 is 2.26 bits per heavy atom. The van der Waals surface area contributed by atoms with Crippen molar-refractivity contribution in [3.05, 3.63) is 42.5 Å². The summed E-state index contributed by atoms with van der Waals surface area (Å²) in [5, 5.41) is 3.21. The number of carbonyl (C=O) groups excluding carboxylic acids is 1. The second-order valence-corrected chi connectivity index (χ2v) is 7.00. The number of nitrogens with one attached hydrogen (secondary N) is 2. The van der Waals surface area contributed by atoms with E-state index in [0.717, 1.165) is 19.5 Å². The van der Waals surface area contributed by atoms with Gasteiger partial charge in [0.2, 0.25) is 10.0 Å². The zero-order chi connectivity index (χ0) is 16.2. The van der Waals surface area contributed by atoms with E-state index in [0.29, 0.717) is 5.56 Å². The van der Waals surface area contributed by atoms with Crippen LogP contribution in [0.2, 0.25) is 0 Å². The lowest BCUT2D eigenvalue weighted by molar-refractivity contribution is 0.0743. The first kappa shape index (κ1) is 19.6. The minimum atomic E-state index is -3.63. The van der Waals surface area contributed by atoms with Crippen LogP contribution in [0.3, 0.4) is 0 Å². The highest BCUT2D eigenvalue weighted by molar-refractivity contribution is 7.89. The Hall–Kier alpha value is -1.41. The van der Waals surface area contributed by atoms with Crippen LogP contribution in [0, 0.1) is 0 Å². The lowest BCUT2D eigenvalue weighted by atomic mass is 10.1. The predicted molar refractivity (Wildman–Crippen MR) is 92.4 cm³/mol. The van der Waals surface area contributed by atoms with Gasteiger partial charge in [-0.15, -0.1) is 19.0 Å². The summed E-state index contributed by atoms with van der Waals surface area (Å²) in [6, 6.07) is 6.24. The molecule has 1 aromatic carbocycles. The van der Waals surface area contributed by atoms with E-state index in [2.05, 4.69) is 16.6 Å². The van der Waals surface area contributed by atoms with Crippen LogP contribution >= 0.6 is 12.4 Å². The van der Waals surface area contributed by atoms with Gasteiger partial charge < -0.3 is 10.2 Å². The van der Waals surface area contributed by atoms with Crippen LogP contribution in [0.1, 0.15) is 16.8 Å². The number of hydrogen-bond donors (Lipinski definition) is 2. The molecule has 1 aromatic rings. The highest BCUT2D eigenvalue weighted by Gasteiger charge is 2.25. The standard InChI is InChI=1S/C15H21N3O3S.ClH/c1-3-8-17-22(20,21)14-6-4-5-12(10-14)15(19)18(2)13-7-9-16-11-13;/h3-6,10,13,16-17H,1,7-9,11H2,2H3;1H. The van der Waals surface area contributed by atoms with Crippen LogP contribution in [0.15, 0.2) is 41.8 Å². The Bertz CT molecular complexity index is 658. The van der Waals surface area contributed by atoms with Gasteiger partial charge >= 0.3 is 0 Å². The fraction of sp³-hybridized carbons (Fsp3) is 0.400. The molecule has 0 bridgehead atoms. The molecule has 1 fully saturated rings. The molecule has 8 heteroatoms. The van der Waals surface area contributed by atoms with E-state index in [1.54, 1.807) is 24.1 Å². The summed E-state index contributed by atoms with van der Waals surface area (Å²) in [4.78, 5) is 14.2. The molecule has 1 aliphatic rings. The van der Waals surface area contributed by atoms with Crippen molar-refractivity contribution < 1.29 is 13.2 Å². The Balaban J connectivity index is 0.00000264. The van der Waals surface area contributed by atoms with Crippen LogP contribution in [-0.4, -0.2) is 51.9 Å². The smallest absolute Gasteiger partial charge is 0.253 e. The largest absolute Gasteiger partial charge is 0.337 e. The Labute approximate surface area is 143 Å². The molecule has 2 rings (SSSR count). The maximum Gasteiger partial charge on any atom is 0.253 e. The van der Waals surface area contributed by atoms with Gasteiger partial charge in [-0.2, -0.15) is 0 Å². The maximum atomic E-state index is 12.5. The molecule has 0 aliphatic carbocycles. The second-order valence-electron chi connectivity index (χ2n) is 5.23. The van der Waals surface area contributed by atoms with E-state index in [1.807, 2.05) is 0 Å². The topological polar surface area (TPSA) is 78.5 Å². The molecule has 1 heterocycles. The lowest BCUT2D eigenvalue weighted by Crippen LogP contribution is -2.38. The van der Waals surface area contributed by atoms with Crippen LogP contribution in [0.25, 0.3) is 0 Å². The van der Waals surface area contributed by atoms with E-state index < -0.39 is 10.0 Å². The van der Waals surface area contributed by atoms with Gasteiger partial charge in [0.05, 0.1) is 4.90 Å². The molecule has 1 unspecified atom stereocenters. The van der Waals surface area contributed by atoms with Crippen molar-refractivity contribution in [2.75, 3.05) is 26.7 Å². The number of rotatable bonds is 6. The number of sulfonamides is 1. The van der Waals surface area contributed by atoms with Gasteiger partial charge in [-0.05, 0) is 31.2 Å². The number of halogens is 1. The third-order valence-electron chi connectivity index (χ3n) is 3.71. The molecular weight excluding hydrogens is 338 g/mol. The second kappa shape index (κ2) is 8.44. The maximum absolute atomic E-state index is 12.5. The first-order valence-corrected chi connectivity index (χ1v) is 8.62. The minimum Gasteiger partial charge on any atom is -0.337 e. The van der Waals surface area contributed by atoms with Crippen molar-refractivity contribution in [1.82, 2.24) is 14.9 Å². The summed E-state index contributed by atoms with van der Waals surface area (Å²) in [6.07, 6.45) is 2.37. The summed E-state index contributed by atoms with van der Waals surface area (Å²) in [5.74, 6) is -0.172. The number of amides is 1. The molecule has 6 nitrogen and oxygen atoms in total. The predicted octanol–water partition coefficient (Wildman–Crippen LogP) is 1.01. The molecule has 1 atom stereocenters. The molecule has 0 radical (unpaired) electrons. The fourth-order valence-electron chi connectivity index (χ4n) is 2.39. The van der Waals surface area contributed by atoms with Crippen LogP contribution in [0.4, 0.5) is 0 Å². The Morgan fingerprint density at radius 1 is 1.52 bits per heavy atom. The van der Waals surface area contributed by atoms with Crippen LogP contribution < -0.4 is 10.0 Å². The number of hydrogen-bond acceptors (Lipinski definition) is 4. The van der Waals surface area contributed by atoms with Gasteiger partial charge in [-0.1, -0.05) is 12.1 Å². The first-order valence-electron chi connectivity index (χ1n) is 7.14. The zero-order valence-corrected chi connectivity index (χ0v) is 14.6. The molecule has 1 amide bonds. The van der Waals surface area contributed by atoms with Gasteiger partial charge in [-0.3, -0.25) is 4.79 Å². The van der Waals surface area contributed by atoms with Crippen molar-refractivity contribution in [1.29, 1.82) is 0 Å². The zero-order valence-electron chi connectivity index (χ0n) is 13.0. The molecule has 1 saturated heterocycles. The molecule has 23 heavy (non-hydrogen) atoms. The molecular formula is C15H22ClN3O3S. The molecule has 128 valence electrons. The lowest BCUT2D eigenvalue weighted by Gasteiger charge is -2.24. The minimum absolute atomic E-state index is 0. The van der Waals surface area contributed by atoms with Crippen molar-refractivity contribution in [3.63, 3.8) is 0 Å². The summed E-state index contributed by atoms with van der Waals surface area (Å²) in [7, 11) is -1.88. The van der Waals surface area contributed by atoms with E-state index in [4.69, 9.17) is 0 Å². The van der Waals surface area contributed by atoms with Gasteiger partial charge in [0.15, 0.2) is 0 Å². The number of carbonyl (C=O) groups is 1. The average molecular weight is 360 g/mol. The van der Waals surface area contributed by atoms with E-state index in [1.165, 1.54) is 18.2 Å².